The molecular weight excluding hydrogens is 151 g/mol. The van der Waals surface area contributed by atoms with Crippen molar-refractivity contribution in [3.05, 3.63) is 0 Å². The van der Waals surface area contributed by atoms with Crippen molar-refractivity contribution >= 4 is 29.8 Å². The lowest BCUT2D eigenvalue weighted by Crippen LogP contribution is -1.66. The Balaban J connectivity index is -0.0000000800. The van der Waals surface area contributed by atoms with E-state index in [9.17, 15) is 0 Å². The standard InChI is InChI=1S/H3O4P.2H4Si/c1-5(2,3)4;;/h(H3,1,2,3,4);2*1H4. The Morgan fingerprint density at radius 3 is 1.00 bits per heavy atom. The van der Waals surface area contributed by atoms with E-state index >= 15 is 0 Å². The average Bonchev–Trinajstić information content (AvgIpc) is 0.722. The lowest BCUT2D eigenvalue weighted by atomic mass is 15.8. The third-order valence-corrected chi connectivity index (χ3v) is 0. The molecule has 0 bridgehead atoms. The lowest BCUT2D eigenvalue weighted by Gasteiger charge is -1.82. The Kier molecular flexibility index (Phi) is 10.5. The van der Waals surface area contributed by atoms with Crippen LogP contribution in [0.1, 0.15) is 0 Å². The molecule has 0 rings (SSSR count). The van der Waals surface area contributed by atoms with Crippen molar-refractivity contribution in [1.82, 2.24) is 0 Å². The van der Waals surface area contributed by atoms with Gasteiger partial charge in [-0.2, -0.15) is 0 Å². The third-order valence-electron chi connectivity index (χ3n) is 0. The molecule has 0 aliphatic heterocycles. The normalized spacial score (nSPS) is 8.43. The number of phosphoric acid groups is 1. The van der Waals surface area contributed by atoms with Gasteiger partial charge in [-0.3, -0.25) is 0 Å². The zero-order valence-corrected chi connectivity index (χ0v) is 3.09. The molecule has 0 unspecified atom stereocenters. The Morgan fingerprint density at radius 2 is 1.00 bits per heavy atom. The minimum atomic E-state index is -4.64. The highest BCUT2D eigenvalue weighted by atomic mass is 31.2. The second kappa shape index (κ2) is 4.70. The van der Waals surface area contributed by atoms with Crippen LogP contribution in [0.4, 0.5) is 0 Å². The van der Waals surface area contributed by atoms with Gasteiger partial charge in [0.05, 0.1) is 0 Å². The van der Waals surface area contributed by atoms with E-state index in [1.807, 2.05) is 0 Å². The average molecular weight is 162 g/mol. The quantitative estimate of drug-likeness (QED) is 0.252. The van der Waals surface area contributed by atoms with Gasteiger partial charge in [0, 0.05) is 0 Å². The molecule has 0 spiro atoms. The maximum absolute atomic E-state index is 8.88. The summed E-state index contributed by atoms with van der Waals surface area (Å²) in [5, 5.41) is 0. The fourth-order valence-corrected chi connectivity index (χ4v) is 0. The molecule has 7 heteroatoms. The molecule has 0 atom stereocenters. The van der Waals surface area contributed by atoms with E-state index in [1.165, 1.54) is 0 Å². The minimum absolute atomic E-state index is 0. The molecule has 0 amide bonds. The van der Waals surface area contributed by atoms with E-state index in [2.05, 4.69) is 0 Å². The molecule has 0 heterocycles. The smallest absolute Gasteiger partial charge is 0.303 e. The van der Waals surface area contributed by atoms with Gasteiger partial charge in [0.25, 0.3) is 0 Å². The summed E-state index contributed by atoms with van der Waals surface area (Å²) in [4.78, 5) is 21.6. The van der Waals surface area contributed by atoms with Crippen molar-refractivity contribution in [2.24, 2.45) is 0 Å². The monoisotopic (exact) mass is 162 g/mol. The van der Waals surface area contributed by atoms with Crippen LogP contribution in [-0.2, 0) is 4.57 Å². The van der Waals surface area contributed by atoms with Crippen LogP contribution in [0.2, 0.25) is 0 Å². The molecular formula is H11O4PSi2. The molecule has 0 aliphatic carbocycles. The van der Waals surface area contributed by atoms with Gasteiger partial charge >= 0.3 is 7.82 Å². The summed E-state index contributed by atoms with van der Waals surface area (Å²) in [6.07, 6.45) is 0. The van der Waals surface area contributed by atoms with Crippen LogP contribution in [0.3, 0.4) is 0 Å². The van der Waals surface area contributed by atoms with Crippen LogP contribution < -0.4 is 0 Å². The summed E-state index contributed by atoms with van der Waals surface area (Å²) in [6.45, 7) is 0. The molecule has 0 fully saturated rings. The van der Waals surface area contributed by atoms with Gasteiger partial charge in [-0.05, 0) is 21.9 Å². The SMILES string of the molecule is O=P(O)(O)O.[SiH4].[SiH4]. The molecule has 0 aromatic heterocycles. The van der Waals surface area contributed by atoms with Crippen molar-refractivity contribution in [1.29, 1.82) is 0 Å². The first kappa shape index (κ1) is 15.6. The zero-order valence-electron chi connectivity index (χ0n) is 2.20. The van der Waals surface area contributed by atoms with Crippen LogP contribution in [0.15, 0.2) is 0 Å². The second-order valence-corrected chi connectivity index (χ2v) is 1.54. The summed E-state index contributed by atoms with van der Waals surface area (Å²) in [5.74, 6) is 0. The highest BCUT2D eigenvalue weighted by Gasteiger charge is 2.00. The molecule has 0 aliphatic rings. The summed E-state index contributed by atoms with van der Waals surface area (Å²) >= 11 is 0. The Labute approximate surface area is 49.9 Å². The second-order valence-electron chi connectivity index (χ2n) is 0.513. The first-order chi connectivity index (χ1) is 2.00. The summed E-state index contributed by atoms with van der Waals surface area (Å²) in [7, 11) is -4.64. The van der Waals surface area contributed by atoms with Crippen molar-refractivity contribution < 1.29 is 19.2 Å². The van der Waals surface area contributed by atoms with Crippen LogP contribution in [0, 0.1) is 0 Å². The van der Waals surface area contributed by atoms with Crippen LogP contribution >= 0.6 is 7.82 Å². The number of rotatable bonds is 0. The molecule has 4 nitrogen and oxygen atoms in total. The summed E-state index contributed by atoms with van der Waals surface area (Å²) in [5.41, 5.74) is 0. The molecule has 48 valence electrons. The van der Waals surface area contributed by atoms with Gasteiger partial charge in [0.2, 0.25) is 0 Å². The highest BCUT2D eigenvalue weighted by molar-refractivity contribution is 7.45. The zero-order chi connectivity index (χ0) is 4.50. The van der Waals surface area contributed by atoms with Gasteiger partial charge in [0.15, 0.2) is 0 Å². The first-order valence-corrected chi connectivity index (χ1v) is 2.35. The molecule has 0 aromatic rings. The molecule has 0 aromatic carbocycles. The largest absolute Gasteiger partial charge is 0.466 e. The van der Waals surface area contributed by atoms with E-state index < -0.39 is 7.82 Å². The molecule has 3 N–H and O–H groups in total. The topological polar surface area (TPSA) is 77.8 Å². The van der Waals surface area contributed by atoms with Gasteiger partial charge < -0.3 is 14.7 Å². The van der Waals surface area contributed by atoms with Gasteiger partial charge in [-0.1, -0.05) is 0 Å². The van der Waals surface area contributed by atoms with Crippen LogP contribution in [0.5, 0.6) is 0 Å². The van der Waals surface area contributed by atoms with Crippen LogP contribution in [-0.4, -0.2) is 36.6 Å². The van der Waals surface area contributed by atoms with E-state index in [0.29, 0.717) is 0 Å². The molecule has 0 saturated carbocycles. The van der Waals surface area contributed by atoms with E-state index in [4.69, 9.17) is 19.2 Å². The predicted octanol–water partition coefficient (Wildman–Crippen LogP) is -3.83. The first-order valence-electron chi connectivity index (χ1n) is 0.783. The fourth-order valence-electron chi connectivity index (χ4n) is 0. The van der Waals surface area contributed by atoms with Crippen LogP contribution in [0.25, 0.3) is 0 Å². The van der Waals surface area contributed by atoms with Crippen molar-refractivity contribution in [2.75, 3.05) is 0 Å². The lowest BCUT2D eigenvalue weighted by molar-refractivity contribution is 0.275. The van der Waals surface area contributed by atoms with E-state index in [0.717, 1.165) is 0 Å². The van der Waals surface area contributed by atoms with Crippen molar-refractivity contribution in [3.63, 3.8) is 0 Å². The Bertz CT molecular complexity index is 55.8. The van der Waals surface area contributed by atoms with Crippen molar-refractivity contribution in [2.45, 2.75) is 0 Å². The molecule has 7 heavy (non-hydrogen) atoms. The summed E-state index contributed by atoms with van der Waals surface area (Å²) < 4.78 is 8.88. The maximum atomic E-state index is 8.88. The highest BCUT2D eigenvalue weighted by Crippen LogP contribution is 2.25. The van der Waals surface area contributed by atoms with E-state index in [-0.39, 0.29) is 21.9 Å². The Hall–Kier alpha value is 0.544. The summed E-state index contributed by atoms with van der Waals surface area (Å²) in [6, 6.07) is 0. The van der Waals surface area contributed by atoms with Gasteiger partial charge in [0.1, 0.15) is 0 Å². The van der Waals surface area contributed by atoms with E-state index in [1.54, 1.807) is 0 Å². The maximum Gasteiger partial charge on any atom is 0.466 e. The number of hydrogen-bond donors (Lipinski definition) is 3. The predicted molar refractivity (Wildman–Crippen MR) is 36.9 cm³/mol. The third kappa shape index (κ3) is 457. The van der Waals surface area contributed by atoms with Gasteiger partial charge in [-0.15, -0.1) is 0 Å². The molecule has 0 radical (unpaired) electrons. The van der Waals surface area contributed by atoms with Crippen molar-refractivity contribution in [3.8, 4) is 0 Å². The minimum Gasteiger partial charge on any atom is -0.303 e. The molecule has 0 saturated heterocycles. The Morgan fingerprint density at radius 1 is 1.00 bits per heavy atom. The van der Waals surface area contributed by atoms with Gasteiger partial charge in [-0.25, -0.2) is 4.57 Å². The fraction of sp³-hybridized carbons (Fsp3) is 0. The number of hydrogen-bond acceptors (Lipinski definition) is 1.